The van der Waals surface area contributed by atoms with Crippen molar-refractivity contribution < 1.29 is 4.79 Å². The second-order valence-electron chi connectivity index (χ2n) is 7.72. The summed E-state index contributed by atoms with van der Waals surface area (Å²) in [5.41, 5.74) is 4.95. The van der Waals surface area contributed by atoms with Crippen molar-refractivity contribution in [1.29, 1.82) is 0 Å². The summed E-state index contributed by atoms with van der Waals surface area (Å²) in [6.07, 6.45) is 3.53. The fourth-order valence-electron chi connectivity index (χ4n) is 3.66. The van der Waals surface area contributed by atoms with E-state index < -0.39 is 0 Å². The van der Waals surface area contributed by atoms with E-state index in [0.717, 1.165) is 26.6 Å². The molecule has 0 fully saturated rings. The third-order valence-electron chi connectivity index (χ3n) is 5.53. The minimum absolute atomic E-state index is 0.0675. The molecule has 0 atom stereocenters. The van der Waals surface area contributed by atoms with Crippen LogP contribution in [0.4, 0.5) is 5.13 Å². The maximum absolute atomic E-state index is 13.7. The number of fused-ring (bicyclic) bond motifs is 2. The van der Waals surface area contributed by atoms with Crippen LogP contribution >= 0.6 is 11.3 Å². The van der Waals surface area contributed by atoms with Crippen LogP contribution in [0.25, 0.3) is 21.0 Å². The van der Waals surface area contributed by atoms with E-state index in [4.69, 9.17) is 4.98 Å². The van der Waals surface area contributed by atoms with Crippen molar-refractivity contribution in [2.24, 2.45) is 0 Å². The maximum atomic E-state index is 13.7. The molecule has 0 bridgehead atoms. The second-order valence-corrected chi connectivity index (χ2v) is 8.72. The van der Waals surface area contributed by atoms with Crippen LogP contribution in [0.3, 0.4) is 0 Å². The van der Waals surface area contributed by atoms with Gasteiger partial charge in [0.2, 0.25) is 0 Å². The molecule has 4 nitrogen and oxygen atoms in total. The molecule has 0 radical (unpaired) electrons. The van der Waals surface area contributed by atoms with E-state index in [1.54, 1.807) is 28.6 Å². The molecule has 0 N–H and O–H groups in total. The Labute approximate surface area is 184 Å². The van der Waals surface area contributed by atoms with Crippen LogP contribution in [0.5, 0.6) is 0 Å². The third kappa shape index (κ3) is 3.80. The average molecular weight is 424 g/mol. The summed E-state index contributed by atoms with van der Waals surface area (Å²) in [5, 5.41) is 2.86. The molecule has 152 valence electrons. The number of pyridine rings is 1. The summed E-state index contributed by atoms with van der Waals surface area (Å²) in [6.45, 7) is 4.60. The lowest BCUT2D eigenvalue weighted by Gasteiger charge is -2.20. The summed E-state index contributed by atoms with van der Waals surface area (Å²) in [6, 6.07) is 22.0. The first-order valence-electron chi connectivity index (χ1n) is 10.2. The van der Waals surface area contributed by atoms with Crippen molar-refractivity contribution in [2.45, 2.75) is 20.4 Å². The topological polar surface area (TPSA) is 46.1 Å². The van der Waals surface area contributed by atoms with Crippen molar-refractivity contribution in [3.63, 3.8) is 0 Å². The highest BCUT2D eigenvalue weighted by molar-refractivity contribution is 7.22. The molecule has 3 aromatic carbocycles. The predicted octanol–water partition coefficient (Wildman–Crippen LogP) is 6.31. The Morgan fingerprint density at radius 3 is 2.55 bits per heavy atom. The van der Waals surface area contributed by atoms with Gasteiger partial charge in [-0.15, -0.1) is 0 Å². The fraction of sp³-hybridized carbons (Fsp3) is 0.115. The van der Waals surface area contributed by atoms with E-state index in [2.05, 4.69) is 37.0 Å². The van der Waals surface area contributed by atoms with Crippen molar-refractivity contribution in [3.8, 4) is 0 Å². The van der Waals surface area contributed by atoms with E-state index in [9.17, 15) is 4.79 Å². The highest BCUT2D eigenvalue weighted by Crippen LogP contribution is 2.32. The van der Waals surface area contributed by atoms with Crippen LogP contribution < -0.4 is 4.90 Å². The van der Waals surface area contributed by atoms with Crippen molar-refractivity contribution in [3.05, 3.63) is 101 Å². The Hall–Kier alpha value is -3.57. The molecule has 0 unspecified atom stereocenters. The standard InChI is InChI=1S/C26H21N3OS/c1-17-12-23-24(13-18(17)2)31-26(28-23)29(16-19-6-5-11-27-15-19)25(30)22-10-9-20-7-3-4-8-21(20)14-22/h3-15H,16H2,1-2H3. The number of nitrogens with zero attached hydrogens (tertiary/aromatic N) is 3. The molecule has 2 heterocycles. The van der Waals surface area contributed by atoms with Gasteiger partial charge in [0.15, 0.2) is 5.13 Å². The molecule has 5 rings (SSSR count). The summed E-state index contributed by atoms with van der Waals surface area (Å²) in [4.78, 5) is 24.5. The molecule has 0 saturated carbocycles. The molecule has 0 saturated heterocycles. The van der Waals surface area contributed by atoms with E-state index in [1.807, 2.05) is 48.5 Å². The summed E-state index contributed by atoms with van der Waals surface area (Å²) < 4.78 is 1.08. The van der Waals surface area contributed by atoms with E-state index >= 15 is 0 Å². The van der Waals surface area contributed by atoms with Crippen molar-refractivity contribution in [2.75, 3.05) is 4.90 Å². The first-order chi connectivity index (χ1) is 15.1. The predicted molar refractivity (Wildman–Crippen MR) is 128 cm³/mol. The Bertz CT molecular complexity index is 1370. The lowest BCUT2D eigenvalue weighted by molar-refractivity contribution is 0.0985. The number of hydrogen-bond donors (Lipinski definition) is 0. The van der Waals surface area contributed by atoms with Gasteiger partial charge >= 0.3 is 0 Å². The summed E-state index contributed by atoms with van der Waals surface area (Å²) in [7, 11) is 0. The highest BCUT2D eigenvalue weighted by Gasteiger charge is 2.22. The largest absolute Gasteiger partial charge is 0.279 e. The van der Waals surface area contributed by atoms with Crippen LogP contribution in [0.15, 0.2) is 79.1 Å². The Morgan fingerprint density at radius 2 is 1.74 bits per heavy atom. The first kappa shape index (κ1) is 19.4. The lowest BCUT2D eigenvalue weighted by Crippen LogP contribution is -2.30. The molecule has 5 heteroatoms. The molecule has 31 heavy (non-hydrogen) atoms. The monoisotopic (exact) mass is 423 g/mol. The fourth-order valence-corrected chi connectivity index (χ4v) is 4.71. The van der Waals surface area contributed by atoms with Gasteiger partial charge in [-0.2, -0.15) is 0 Å². The average Bonchev–Trinajstić information content (AvgIpc) is 3.20. The Balaban J connectivity index is 1.60. The number of hydrogen-bond acceptors (Lipinski definition) is 4. The van der Waals surface area contributed by atoms with Gasteiger partial charge in [0.1, 0.15) is 0 Å². The molecule has 0 aliphatic rings. The maximum Gasteiger partial charge on any atom is 0.260 e. The lowest BCUT2D eigenvalue weighted by atomic mass is 10.1. The van der Waals surface area contributed by atoms with Crippen LogP contribution in [-0.4, -0.2) is 15.9 Å². The molecular formula is C26H21N3OS. The van der Waals surface area contributed by atoms with Crippen molar-refractivity contribution >= 4 is 43.4 Å². The molecular weight excluding hydrogens is 402 g/mol. The molecule has 2 aromatic heterocycles. The van der Waals surface area contributed by atoms with Crippen LogP contribution in [-0.2, 0) is 6.54 Å². The first-order valence-corrected chi connectivity index (χ1v) is 11.0. The zero-order chi connectivity index (χ0) is 21.4. The van der Waals surface area contributed by atoms with Crippen molar-refractivity contribution in [1.82, 2.24) is 9.97 Å². The van der Waals surface area contributed by atoms with Gasteiger partial charge < -0.3 is 0 Å². The van der Waals surface area contributed by atoms with Gasteiger partial charge in [-0.05, 0) is 71.6 Å². The number of benzene rings is 3. The number of aryl methyl sites for hydroxylation is 2. The van der Waals surface area contributed by atoms with E-state index in [1.165, 1.54) is 11.1 Å². The number of carbonyl (C=O) groups is 1. The molecule has 0 aliphatic carbocycles. The zero-order valence-electron chi connectivity index (χ0n) is 17.4. The minimum atomic E-state index is -0.0675. The molecule has 0 spiro atoms. The highest BCUT2D eigenvalue weighted by atomic mass is 32.1. The van der Waals surface area contributed by atoms with Gasteiger partial charge in [-0.1, -0.05) is 47.7 Å². The molecule has 0 aliphatic heterocycles. The number of carbonyl (C=O) groups excluding carboxylic acids is 1. The second kappa shape index (κ2) is 7.93. The van der Waals surface area contributed by atoms with Gasteiger partial charge in [0.05, 0.1) is 16.8 Å². The zero-order valence-corrected chi connectivity index (χ0v) is 18.2. The normalized spacial score (nSPS) is 11.2. The SMILES string of the molecule is Cc1cc2nc(N(Cc3cccnc3)C(=O)c3ccc4ccccc4c3)sc2cc1C. The minimum Gasteiger partial charge on any atom is -0.279 e. The van der Waals surface area contributed by atoms with Gasteiger partial charge in [-0.3, -0.25) is 14.7 Å². The Morgan fingerprint density at radius 1 is 0.935 bits per heavy atom. The summed E-state index contributed by atoms with van der Waals surface area (Å²) >= 11 is 1.55. The number of aromatic nitrogens is 2. The smallest absolute Gasteiger partial charge is 0.260 e. The van der Waals surface area contributed by atoms with Gasteiger partial charge in [-0.25, -0.2) is 4.98 Å². The molecule has 1 amide bonds. The third-order valence-corrected chi connectivity index (χ3v) is 6.57. The van der Waals surface area contributed by atoms with Gasteiger partial charge in [0, 0.05) is 18.0 Å². The van der Waals surface area contributed by atoms with E-state index in [0.29, 0.717) is 17.2 Å². The summed E-state index contributed by atoms with van der Waals surface area (Å²) in [5.74, 6) is -0.0675. The number of amides is 1. The number of anilines is 1. The van der Waals surface area contributed by atoms with Gasteiger partial charge in [0.25, 0.3) is 5.91 Å². The van der Waals surface area contributed by atoms with Crippen LogP contribution in [0, 0.1) is 13.8 Å². The van der Waals surface area contributed by atoms with E-state index in [-0.39, 0.29) is 5.91 Å². The Kier molecular flexibility index (Phi) is 4.96. The molecule has 5 aromatic rings. The van der Waals surface area contributed by atoms with Crippen LogP contribution in [0.2, 0.25) is 0 Å². The quantitative estimate of drug-likeness (QED) is 0.340. The number of thiazole rings is 1. The number of rotatable bonds is 4. The van der Waals surface area contributed by atoms with Crippen LogP contribution in [0.1, 0.15) is 27.0 Å².